The van der Waals surface area contributed by atoms with Gasteiger partial charge in [-0.1, -0.05) is 52.3 Å². The van der Waals surface area contributed by atoms with Gasteiger partial charge in [0.15, 0.2) is 0 Å². The highest BCUT2D eigenvalue weighted by atomic mass is 79.9. The SMILES string of the molecule is Cc1ccccc1C(O)c1cc(C)c(Br)c(C)c1. The number of aliphatic hydroxyl groups is 1. The molecule has 18 heavy (non-hydrogen) atoms. The van der Waals surface area contributed by atoms with E-state index in [9.17, 15) is 5.11 Å². The van der Waals surface area contributed by atoms with E-state index in [1.165, 1.54) is 0 Å². The number of halogens is 1. The molecule has 0 saturated carbocycles. The molecule has 0 fully saturated rings. The molecule has 0 bridgehead atoms. The molecule has 0 aliphatic heterocycles. The molecule has 0 heterocycles. The molecule has 0 aromatic heterocycles. The van der Waals surface area contributed by atoms with E-state index in [1.54, 1.807) is 0 Å². The monoisotopic (exact) mass is 304 g/mol. The minimum Gasteiger partial charge on any atom is -0.384 e. The lowest BCUT2D eigenvalue weighted by Crippen LogP contribution is -2.03. The van der Waals surface area contributed by atoms with E-state index in [0.29, 0.717) is 0 Å². The summed E-state index contributed by atoms with van der Waals surface area (Å²) in [7, 11) is 0. The van der Waals surface area contributed by atoms with Crippen LogP contribution >= 0.6 is 15.9 Å². The average molecular weight is 305 g/mol. The Labute approximate surface area is 117 Å². The zero-order valence-corrected chi connectivity index (χ0v) is 12.5. The maximum Gasteiger partial charge on any atom is 0.104 e. The summed E-state index contributed by atoms with van der Waals surface area (Å²) in [5.41, 5.74) is 5.33. The Morgan fingerprint density at radius 1 is 0.944 bits per heavy atom. The molecule has 0 amide bonds. The molecule has 2 aromatic rings. The van der Waals surface area contributed by atoms with Crippen molar-refractivity contribution in [1.29, 1.82) is 0 Å². The van der Waals surface area contributed by atoms with E-state index >= 15 is 0 Å². The summed E-state index contributed by atoms with van der Waals surface area (Å²) in [5, 5.41) is 10.5. The minimum absolute atomic E-state index is 0.559. The van der Waals surface area contributed by atoms with E-state index in [1.807, 2.05) is 57.2 Å². The van der Waals surface area contributed by atoms with Crippen molar-refractivity contribution in [2.45, 2.75) is 26.9 Å². The van der Waals surface area contributed by atoms with Gasteiger partial charge >= 0.3 is 0 Å². The molecule has 1 N–H and O–H groups in total. The molecule has 0 radical (unpaired) electrons. The first-order valence-corrected chi connectivity index (χ1v) is 6.80. The molecule has 0 aliphatic carbocycles. The number of benzene rings is 2. The summed E-state index contributed by atoms with van der Waals surface area (Å²) >= 11 is 3.55. The number of aryl methyl sites for hydroxylation is 3. The van der Waals surface area contributed by atoms with Crippen LogP contribution in [0.15, 0.2) is 40.9 Å². The lowest BCUT2D eigenvalue weighted by Gasteiger charge is -2.16. The van der Waals surface area contributed by atoms with Crippen molar-refractivity contribution in [1.82, 2.24) is 0 Å². The number of aliphatic hydroxyl groups excluding tert-OH is 1. The summed E-state index contributed by atoms with van der Waals surface area (Å²) in [4.78, 5) is 0. The number of rotatable bonds is 2. The van der Waals surface area contributed by atoms with Gasteiger partial charge in [-0.3, -0.25) is 0 Å². The Bertz CT molecular complexity index is 552. The van der Waals surface area contributed by atoms with Crippen molar-refractivity contribution in [3.63, 3.8) is 0 Å². The fourth-order valence-electron chi connectivity index (χ4n) is 2.21. The fourth-order valence-corrected chi connectivity index (χ4v) is 2.44. The van der Waals surface area contributed by atoms with Crippen LogP contribution in [0.4, 0.5) is 0 Å². The van der Waals surface area contributed by atoms with E-state index in [0.717, 1.165) is 32.3 Å². The summed E-state index contributed by atoms with van der Waals surface area (Å²) in [6.45, 7) is 6.12. The average Bonchev–Trinajstić information content (AvgIpc) is 2.35. The molecule has 1 nitrogen and oxygen atoms in total. The molecular weight excluding hydrogens is 288 g/mol. The van der Waals surface area contributed by atoms with Crippen LogP contribution in [0.5, 0.6) is 0 Å². The second-order valence-electron chi connectivity index (χ2n) is 4.73. The van der Waals surface area contributed by atoms with Gasteiger partial charge in [-0.15, -0.1) is 0 Å². The van der Waals surface area contributed by atoms with Crippen molar-refractivity contribution in [2.75, 3.05) is 0 Å². The Kier molecular flexibility index (Phi) is 3.88. The maximum atomic E-state index is 10.5. The van der Waals surface area contributed by atoms with Crippen LogP contribution in [0.3, 0.4) is 0 Å². The van der Waals surface area contributed by atoms with E-state index < -0.39 is 6.10 Å². The van der Waals surface area contributed by atoms with Crippen LogP contribution in [-0.2, 0) is 0 Å². The molecule has 0 spiro atoms. The minimum atomic E-state index is -0.559. The van der Waals surface area contributed by atoms with Gasteiger partial charge in [-0.25, -0.2) is 0 Å². The fraction of sp³-hybridized carbons (Fsp3) is 0.250. The smallest absolute Gasteiger partial charge is 0.104 e. The van der Waals surface area contributed by atoms with Gasteiger partial charge in [0.05, 0.1) is 0 Å². The van der Waals surface area contributed by atoms with Crippen molar-refractivity contribution >= 4 is 15.9 Å². The van der Waals surface area contributed by atoms with E-state index in [-0.39, 0.29) is 0 Å². The third kappa shape index (κ3) is 2.50. The second-order valence-corrected chi connectivity index (χ2v) is 5.52. The zero-order valence-electron chi connectivity index (χ0n) is 10.9. The summed E-state index contributed by atoms with van der Waals surface area (Å²) in [5.74, 6) is 0. The lowest BCUT2D eigenvalue weighted by molar-refractivity contribution is 0.219. The quantitative estimate of drug-likeness (QED) is 0.868. The molecular formula is C16H17BrO. The molecule has 1 unspecified atom stereocenters. The lowest BCUT2D eigenvalue weighted by atomic mass is 9.95. The number of hydrogen-bond acceptors (Lipinski definition) is 1. The first-order chi connectivity index (χ1) is 8.50. The molecule has 2 rings (SSSR count). The predicted molar refractivity (Wildman–Crippen MR) is 78.9 cm³/mol. The highest BCUT2D eigenvalue weighted by molar-refractivity contribution is 9.10. The number of hydrogen-bond donors (Lipinski definition) is 1. The predicted octanol–water partition coefficient (Wildman–Crippen LogP) is 4.46. The molecule has 2 aromatic carbocycles. The standard InChI is InChI=1S/C16H17BrO/c1-10-6-4-5-7-14(10)16(18)13-8-11(2)15(17)12(3)9-13/h4-9,16,18H,1-3H3. The Morgan fingerprint density at radius 3 is 2.06 bits per heavy atom. The third-order valence-corrected chi connectivity index (χ3v) is 4.51. The van der Waals surface area contributed by atoms with Gasteiger partial charge in [0.1, 0.15) is 6.10 Å². The van der Waals surface area contributed by atoms with Crippen LogP contribution in [0, 0.1) is 20.8 Å². The first kappa shape index (κ1) is 13.3. The van der Waals surface area contributed by atoms with Crippen LogP contribution in [0.2, 0.25) is 0 Å². The van der Waals surface area contributed by atoms with Gasteiger partial charge in [-0.05, 0) is 48.6 Å². The van der Waals surface area contributed by atoms with Crippen molar-refractivity contribution in [2.24, 2.45) is 0 Å². The Balaban J connectivity index is 2.47. The van der Waals surface area contributed by atoms with E-state index in [4.69, 9.17) is 0 Å². The van der Waals surface area contributed by atoms with Gasteiger partial charge in [0.2, 0.25) is 0 Å². The first-order valence-electron chi connectivity index (χ1n) is 6.01. The molecule has 0 saturated heterocycles. The zero-order chi connectivity index (χ0) is 13.3. The molecule has 2 heteroatoms. The van der Waals surface area contributed by atoms with Crippen molar-refractivity contribution in [3.8, 4) is 0 Å². The second kappa shape index (κ2) is 5.25. The maximum absolute atomic E-state index is 10.5. The molecule has 1 atom stereocenters. The summed E-state index contributed by atoms with van der Waals surface area (Å²) in [6.07, 6.45) is -0.559. The summed E-state index contributed by atoms with van der Waals surface area (Å²) < 4.78 is 1.11. The highest BCUT2D eigenvalue weighted by Gasteiger charge is 2.14. The van der Waals surface area contributed by atoms with Gasteiger partial charge in [-0.2, -0.15) is 0 Å². The van der Waals surface area contributed by atoms with Crippen LogP contribution in [-0.4, -0.2) is 5.11 Å². The molecule has 0 aliphatic rings. The third-order valence-electron chi connectivity index (χ3n) is 3.26. The van der Waals surface area contributed by atoms with Crippen LogP contribution in [0.25, 0.3) is 0 Å². The van der Waals surface area contributed by atoms with Crippen molar-refractivity contribution in [3.05, 3.63) is 68.7 Å². The Morgan fingerprint density at radius 2 is 1.50 bits per heavy atom. The highest BCUT2D eigenvalue weighted by Crippen LogP contribution is 2.29. The van der Waals surface area contributed by atoms with Gasteiger partial charge < -0.3 is 5.11 Å². The largest absolute Gasteiger partial charge is 0.384 e. The Hall–Kier alpha value is -1.12. The van der Waals surface area contributed by atoms with Gasteiger partial charge in [0, 0.05) is 4.47 Å². The topological polar surface area (TPSA) is 20.2 Å². The molecule has 94 valence electrons. The van der Waals surface area contributed by atoms with Crippen molar-refractivity contribution < 1.29 is 5.11 Å². The van der Waals surface area contributed by atoms with Crippen LogP contribution in [0.1, 0.15) is 33.9 Å². The normalized spacial score (nSPS) is 12.5. The van der Waals surface area contributed by atoms with Crippen LogP contribution < -0.4 is 0 Å². The van der Waals surface area contributed by atoms with Gasteiger partial charge in [0.25, 0.3) is 0 Å². The summed E-state index contributed by atoms with van der Waals surface area (Å²) in [6, 6.07) is 12.0. The van der Waals surface area contributed by atoms with E-state index in [2.05, 4.69) is 15.9 Å².